The lowest BCUT2D eigenvalue weighted by molar-refractivity contribution is 0.100. The van der Waals surface area contributed by atoms with E-state index in [9.17, 15) is 13.6 Å². The fraction of sp³-hybridized carbons (Fsp3) is 0.235. The summed E-state index contributed by atoms with van der Waals surface area (Å²) in [5.41, 5.74) is 7.36. The molecule has 2 aromatic carbocycles. The lowest BCUT2D eigenvalue weighted by Crippen LogP contribution is -2.22. The van der Waals surface area contributed by atoms with Crippen molar-refractivity contribution in [3.63, 3.8) is 0 Å². The second kappa shape index (κ2) is 6.66. The van der Waals surface area contributed by atoms with E-state index in [1.54, 1.807) is 18.2 Å². The van der Waals surface area contributed by atoms with Gasteiger partial charge in [-0.15, -0.1) is 0 Å². The molecule has 5 heteroatoms. The van der Waals surface area contributed by atoms with E-state index >= 15 is 0 Å². The molecule has 1 amide bonds. The van der Waals surface area contributed by atoms with Crippen molar-refractivity contribution in [3.05, 3.63) is 70.8 Å². The highest BCUT2D eigenvalue weighted by molar-refractivity contribution is 5.92. The standard InChI is InChI=1S/C17H18F2N2O/c1-11(14-7-8-15(18)16(19)9-14)21(2)10-12-3-5-13(6-4-12)17(20)22/h3-9,11H,10H2,1-2H3,(H2,20,22). The lowest BCUT2D eigenvalue weighted by atomic mass is 10.1. The zero-order chi connectivity index (χ0) is 16.3. The maximum Gasteiger partial charge on any atom is 0.248 e. The topological polar surface area (TPSA) is 46.3 Å². The van der Waals surface area contributed by atoms with Gasteiger partial charge in [-0.2, -0.15) is 0 Å². The zero-order valence-corrected chi connectivity index (χ0v) is 12.5. The highest BCUT2D eigenvalue weighted by Gasteiger charge is 2.14. The summed E-state index contributed by atoms with van der Waals surface area (Å²) in [7, 11) is 1.90. The minimum atomic E-state index is -0.847. The zero-order valence-electron chi connectivity index (χ0n) is 12.5. The van der Waals surface area contributed by atoms with Crippen molar-refractivity contribution in [1.29, 1.82) is 0 Å². The maximum absolute atomic E-state index is 13.3. The van der Waals surface area contributed by atoms with Gasteiger partial charge in [-0.3, -0.25) is 9.69 Å². The van der Waals surface area contributed by atoms with Gasteiger partial charge in [0.25, 0.3) is 0 Å². The lowest BCUT2D eigenvalue weighted by Gasteiger charge is -2.25. The molecule has 1 unspecified atom stereocenters. The van der Waals surface area contributed by atoms with Crippen molar-refractivity contribution in [3.8, 4) is 0 Å². The van der Waals surface area contributed by atoms with Crippen LogP contribution >= 0.6 is 0 Å². The number of carbonyl (C=O) groups excluding carboxylic acids is 1. The van der Waals surface area contributed by atoms with Crippen molar-refractivity contribution in [2.24, 2.45) is 5.73 Å². The first-order valence-electron chi connectivity index (χ1n) is 6.92. The number of rotatable bonds is 5. The summed E-state index contributed by atoms with van der Waals surface area (Å²) in [6, 6.07) is 10.9. The number of amides is 1. The van der Waals surface area contributed by atoms with Crippen LogP contribution in [0.15, 0.2) is 42.5 Å². The van der Waals surface area contributed by atoms with E-state index in [2.05, 4.69) is 0 Å². The Hall–Kier alpha value is -2.27. The van der Waals surface area contributed by atoms with Crippen LogP contribution in [0, 0.1) is 11.6 Å². The second-order valence-corrected chi connectivity index (χ2v) is 5.33. The third-order valence-corrected chi connectivity index (χ3v) is 3.76. The number of nitrogens with two attached hydrogens (primary N) is 1. The molecule has 0 aliphatic heterocycles. The summed E-state index contributed by atoms with van der Waals surface area (Å²) in [5, 5.41) is 0. The molecule has 116 valence electrons. The van der Waals surface area contributed by atoms with Gasteiger partial charge in [0.05, 0.1) is 0 Å². The number of carbonyl (C=O) groups is 1. The molecule has 0 aliphatic carbocycles. The van der Waals surface area contributed by atoms with Crippen molar-refractivity contribution in [1.82, 2.24) is 4.90 Å². The molecule has 1 atom stereocenters. The molecule has 0 saturated heterocycles. The van der Waals surface area contributed by atoms with Gasteiger partial charge in [-0.25, -0.2) is 8.78 Å². The molecule has 22 heavy (non-hydrogen) atoms. The molecule has 0 fully saturated rings. The highest BCUT2D eigenvalue weighted by atomic mass is 19.2. The number of hydrogen-bond acceptors (Lipinski definition) is 2. The SMILES string of the molecule is CC(c1ccc(F)c(F)c1)N(C)Cc1ccc(C(N)=O)cc1. The van der Waals surface area contributed by atoms with E-state index in [0.29, 0.717) is 17.7 Å². The van der Waals surface area contributed by atoms with Crippen LogP contribution in [0.5, 0.6) is 0 Å². The Bertz CT molecular complexity index is 671. The summed E-state index contributed by atoms with van der Waals surface area (Å²) in [4.78, 5) is 13.0. The first kappa shape index (κ1) is 16.1. The van der Waals surface area contributed by atoms with E-state index in [-0.39, 0.29) is 6.04 Å². The molecule has 2 N–H and O–H groups in total. The van der Waals surface area contributed by atoms with Crippen LogP contribution in [0.25, 0.3) is 0 Å². The fourth-order valence-electron chi connectivity index (χ4n) is 2.23. The molecule has 2 rings (SSSR count). The summed E-state index contributed by atoms with van der Waals surface area (Å²) in [6.45, 7) is 2.53. The van der Waals surface area contributed by atoms with Gasteiger partial charge < -0.3 is 5.73 Å². The Morgan fingerprint density at radius 1 is 1.14 bits per heavy atom. The number of nitrogens with zero attached hydrogens (tertiary/aromatic N) is 1. The Morgan fingerprint density at radius 2 is 1.77 bits per heavy atom. The number of halogens is 2. The minimum absolute atomic E-state index is 0.0779. The molecule has 3 nitrogen and oxygen atoms in total. The second-order valence-electron chi connectivity index (χ2n) is 5.33. The molecule has 0 saturated carbocycles. The monoisotopic (exact) mass is 304 g/mol. The van der Waals surface area contributed by atoms with Crippen LogP contribution in [0.4, 0.5) is 8.78 Å². The molecular formula is C17H18F2N2O. The Labute approximate surface area is 128 Å². The van der Waals surface area contributed by atoms with Crippen molar-refractivity contribution in [2.45, 2.75) is 19.5 Å². The first-order valence-corrected chi connectivity index (χ1v) is 6.92. The van der Waals surface area contributed by atoms with Gasteiger partial charge in [0, 0.05) is 18.2 Å². The molecule has 0 aliphatic rings. The summed E-state index contributed by atoms with van der Waals surface area (Å²) < 4.78 is 26.3. The van der Waals surface area contributed by atoms with Crippen LogP contribution in [0.3, 0.4) is 0 Å². The van der Waals surface area contributed by atoms with Crippen molar-refractivity contribution < 1.29 is 13.6 Å². The van der Waals surface area contributed by atoms with Crippen LogP contribution < -0.4 is 5.73 Å². The molecule has 0 heterocycles. The smallest absolute Gasteiger partial charge is 0.248 e. The first-order chi connectivity index (χ1) is 10.4. The van der Waals surface area contributed by atoms with Gasteiger partial charge in [0.1, 0.15) is 0 Å². The third kappa shape index (κ3) is 3.68. The quantitative estimate of drug-likeness (QED) is 0.921. The molecular weight excluding hydrogens is 286 g/mol. The van der Waals surface area contributed by atoms with E-state index < -0.39 is 17.5 Å². The predicted molar refractivity (Wildman–Crippen MR) is 81.2 cm³/mol. The number of benzene rings is 2. The Balaban J connectivity index is 2.08. The fourth-order valence-corrected chi connectivity index (χ4v) is 2.23. The predicted octanol–water partition coefficient (Wildman–Crippen LogP) is 3.26. The largest absolute Gasteiger partial charge is 0.366 e. The molecule has 2 aromatic rings. The summed E-state index contributed by atoms with van der Waals surface area (Å²) in [6.07, 6.45) is 0. The maximum atomic E-state index is 13.3. The Morgan fingerprint density at radius 3 is 2.32 bits per heavy atom. The number of hydrogen-bond donors (Lipinski definition) is 1. The third-order valence-electron chi connectivity index (χ3n) is 3.76. The average molecular weight is 304 g/mol. The van der Waals surface area contributed by atoms with Crippen molar-refractivity contribution in [2.75, 3.05) is 7.05 Å². The van der Waals surface area contributed by atoms with E-state index in [0.717, 1.165) is 11.6 Å². The van der Waals surface area contributed by atoms with Gasteiger partial charge in [0.2, 0.25) is 5.91 Å². The normalized spacial score (nSPS) is 12.4. The number of primary amides is 1. The van der Waals surface area contributed by atoms with E-state index in [1.807, 2.05) is 31.0 Å². The Kier molecular flexibility index (Phi) is 4.88. The van der Waals surface area contributed by atoms with Gasteiger partial charge in [0.15, 0.2) is 11.6 Å². The van der Waals surface area contributed by atoms with Crippen LogP contribution in [0.2, 0.25) is 0 Å². The van der Waals surface area contributed by atoms with Crippen LogP contribution in [-0.4, -0.2) is 17.9 Å². The summed E-state index contributed by atoms with van der Waals surface area (Å²) >= 11 is 0. The van der Waals surface area contributed by atoms with Gasteiger partial charge in [-0.05, 0) is 49.4 Å². The highest BCUT2D eigenvalue weighted by Crippen LogP contribution is 2.22. The molecule has 0 spiro atoms. The minimum Gasteiger partial charge on any atom is -0.366 e. The van der Waals surface area contributed by atoms with Crippen molar-refractivity contribution >= 4 is 5.91 Å². The molecule has 0 bridgehead atoms. The summed E-state index contributed by atoms with van der Waals surface area (Å²) in [5.74, 6) is -2.15. The average Bonchev–Trinajstić information content (AvgIpc) is 2.49. The van der Waals surface area contributed by atoms with E-state index in [4.69, 9.17) is 5.73 Å². The van der Waals surface area contributed by atoms with Crippen LogP contribution in [0.1, 0.15) is 34.5 Å². The molecule has 0 aromatic heterocycles. The molecule has 0 radical (unpaired) electrons. The van der Waals surface area contributed by atoms with Gasteiger partial charge >= 0.3 is 0 Å². The van der Waals surface area contributed by atoms with Gasteiger partial charge in [-0.1, -0.05) is 18.2 Å². The van der Waals surface area contributed by atoms with E-state index in [1.165, 1.54) is 6.07 Å². The van der Waals surface area contributed by atoms with Crippen LogP contribution in [-0.2, 0) is 6.54 Å².